The Hall–Kier alpha value is -0.620. The number of hydrogen-bond donors (Lipinski definition) is 1. The van der Waals surface area contributed by atoms with Crippen molar-refractivity contribution < 1.29 is 18.3 Å². The smallest absolute Gasteiger partial charge is 0.303 e. The fourth-order valence-electron chi connectivity index (χ4n) is 1.94. The second-order valence-electron chi connectivity index (χ2n) is 4.29. The number of carboxylic acids is 1. The summed E-state index contributed by atoms with van der Waals surface area (Å²) in [6, 6.07) is 0. The highest BCUT2D eigenvalue weighted by Crippen LogP contribution is 2.19. The minimum atomic E-state index is -2.91. The molecule has 16 heavy (non-hydrogen) atoms. The summed E-state index contributed by atoms with van der Waals surface area (Å²) >= 11 is 0. The maximum absolute atomic E-state index is 11.3. The minimum absolute atomic E-state index is 0.180. The normalized spacial score (nSPS) is 22.4. The largest absolute Gasteiger partial charge is 0.481 e. The average molecular weight is 249 g/mol. The van der Waals surface area contributed by atoms with Gasteiger partial charge in [0.25, 0.3) is 0 Å². The molecule has 5 nitrogen and oxygen atoms in total. The van der Waals surface area contributed by atoms with Gasteiger partial charge in [0.1, 0.15) is 0 Å². The van der Waals surface area contributed by atoms with Gasteiger partial charge < -0.3 is 10.0 Å². The quantitative estimate of drug-likeness (QED) is 0.728. The Morgan fingerprint density at radius 2 is 2.19 bits per heavy atom. The van der Waals surface area contributed by atoms with Crippen LogP contribution in [0.15, 0.2) is 0 Å². The molecule has 0 bridgehead atoms. The highest BCUT2D eigenvalue weighted by Gasteiger charge is 2.25. The van der Waals surface area contributed by atoms with Gasteiger partial charge in [-0.2, -0.15) is 0 Å². The first kappa shape index (κ1) is 13.4. The van der Waals surface area contributed by atoms with E-state index in [-0.39, 0.29) is 23.8 Å². The molecule has 6 heteroatoms. The highest BCUT2D eigenvalue weighted by atomic mass is 32.2. The summed E-state index contributed by atoms with van der Waals surface area (Å²) in [6.45, 7) is 3.71. The van der Waals surface area contributed by atoms with Gasteiger partial charge in [0.2, 0.25) is 0 Å². The Labute approximate surface area is 96.4 Å². The number of hydrogen-bond acceptors (Lipinski definition) is 4. The van der Waals surface area contributed by atoms with E-state index in [9.17, 15) is 13.2 Å². The maximum atomic E-state index is 11.3. The summed E-state index contributed by atoms with van der Waals surface area (Å²) in [5.41, 5.74) is 0. The molecule has 0 saturated carbocycles. The van der Waals surface area contributed by atoms with E-state index >= 15 is 0 Å². The predicted molar refractivity (Wildman–Crippen MR) is 61.1 cm³/mol. The molecule has 1 aliphatic heterocycles. The Morgan fingerprint density at radius 1 is 1.50 bits per heavy atom. The number of nitrogens with zero attached hydrogens (tertiary/aromatic N) is 1. The summed E-state index contributed by atoms with van der Waals surface area (Å²) in [5.74, 6) is -0.224. The number of carboxylic acid groups (broad SMARTS) is 1. The van der Waals surface area contributed by atoms with Crippen LogP contribution in [0.3, 0.4) is 0 Å². The molecule has 1 aliphatic rings. The van der Waals surface area contributed by atoms with Gasteiger partial charge in [-0.3, -0.25) is 4.79 Å². The van der Waals surface area contributed by atoms with E-state index in [2.05, 4.69) is 0 Å². The Morgan fingerprint density at radius 3 is 2.75 bits per heavy atom. The van der Waals surface area contributed by atoms with E-state index in [1.807, 2.05) is 4.90 Å². The van der Waals surface area contributed by atoms with Crippen LogP contribution in [0.1, 0.15) is 19.8 Å². The van der Waals surface area contributed by atoms with E-state index in [4.69, 9.17) is 5.11 Å². The standard InChI is InChI=1S/C10H19NO4S/c1-2-16(14,15)6-5-11-4-3-9(8-11)7-10(12)13/h9H,2-8H2,1H3,(H,12,13). The number of likely N-dealkylation sites (tertiary alicyclic amines) is 1. The number of sulfone groups is 1. The third kappa shape index (κ3) is 4.49. The zero-order valence-electron chi connectivity index (χ0n) is 9.55. The average Bonchev–Trinajstić information content (AvgIpc) is 2.62. The van der Waals surface area contributed by atoms with Crippen molar-refractivity contribution in [3.8, 4) is 0 Å². The van der Waals surface area contributed by atoms with E-state index in [0.717, 1.165) is 13.0 Å². The molecule has 1 N–H and O–H groups in total. The second kappa shape index (κ2) is 5.63. The molecule has 0 radical (unpaired) electrons. The Balaban J connectivity index is 2.29. The topological polar surface area (TPSA) is 74.7 Å². The second-order valence-corrected chi connectivity index (χ2v) is 6.76. The van der Waals surface area contributed by atoms with Crippen molar-refractivity contribution >= 4 is 15.8 Å². The molecule has 0 aromatic carbocycles. The van der Waals surface area contributed by atoms with Crippen LogP contribution < -0.4 is 0 Å². The molecule has 1 unspecified atom stereocenters. The van der Waals surface area contributed by atoms with Crippen LogP contribution in [0.5, 0.6) is 0 Å². The number of carbonyl (C=O) groups is 1. The molecule has 1 heterocycles. The lowest BCUT2D eigenvalue weighted by Crippen LogP contribution is -2.28. The third-order valence-corrected chi connectivity index (χ3v) is 4.68. The van der Waals surface area contributed by atoms with Crippen LogP contribution in [-0.4, -0.2) is 55.5 Å². The summed E-state index contributed by atoms with van der Waals surface area (Å²) in [6.07, 6.45) is 1.05. The van der Waals surface area contributed by atoms with Crippen LogP contribution in [0.4, 0.5) is 0 Å². The van der Waals surface area contributed by atoms with Gasteiger partial charge in [0.05, 0.1) is 5.75 Å². The lowest BCUT2D eigenvalue weighted by molar-refractivity contribution is -0.138. The van der Waals surface area contributed by atoms with Crippen molar-refractivity contribution in [3.63, 3.8) is 0 Å². The van der Waals surface area contributed by atoms with Gasteiger partial charge >= 0.3 is 5.97 Å². The molecular formula is C10H19NO4S. The molecular weight excluding hydrogens is 230 g/mol. The first-order valence-electron chi connectivity index (χ1n) is 5.57. The molecule has 0 spiro atoms. The van der Waals surface area contributed by atoms with E-state index in [1.165, 1.54) is 0 Å². The van der Waals surface area contributed by atoms with Gasteiger partial charge in [-0.25, -0.2) is 8.42 Å². The van der Waals surface area contributed by atoms with E-state index in [0.29, 0.717) is 13.1 Å². The first-order chi connectivity index (χ1) is 7.43. The van der Waals surface area contributed by atoms with Crippen LogP contribution in [0, 0.1) is 5.92 Å². The highest BCUT2D eigenvalue weighted by molar-refractivity contribution is 7.91. The number of rotatable bonds is 6. The van der Waals surface area contributed by atoms with Gasteiger partial charge in [-0.15, -0.1) is 0 Å². The third-order valence-electron chi connectivity index (χ3n) is 2.99. The molecule has 1 rings (SSSR count). The summed E-state index contributed by atoms with van der Waals surface area (Å²) in [4.78, 5) is 12.6. The Bertz CT molecular complexity index is 339. The fourth-order valence-corrected chi connectivity index (χ4v) is 2.77. The fraction of sp³-hybridized carbons (Fsp3) is 0.900. The first-order valence-corrected chi connectivity index (χ1v) is 7.39. The molecule has 1 atom stereocenters. The van der Waals surface area contributed by atoms with Gasteiger partial charge in [-0.05, 0) is 18.9 Å². The van der Waals surface area contributed by atoms with Crippen molar-refractivity contribution in [3.05, 3.63) is 0 Å². The molecule has 0 aliphatic carbocycles. The van der Waals surface area contributed by atoms with Crippen molar-refractivity contribution in [1.29, 1.82) is 0 Å². The molecule has 0 aromatic rings. The van der Waals surface area contributed by atoms with Crippen LogP contribution in [0.25, 0.3) is 0 Å². The lowest BCUT2D eigenvalue weighted by Gasteiger charge is -2.14. The van der Waals surface area contributed by atoms with Crippen LogP contribution >= 0.6 is 0 Å². The molecule has 0 amide bonds. The minimum Gasteiger partial charge on any atom is -0.481 e. The van der Waals surface area contributed by atoms with E-state index in [1.54, 1.807) is 6.92 Å². The predicted octanol–water partition coefficient (Wildman–Crippen LogP) is 0.218. The van der Waals surface area contributed by atoms with Gasteiger partial charge in [0.15, 0.2) is 9.84 Å². The molecule has 0 aromatic heterocycles. The number of aliphatic carboxylic acids is 1. The zero-order valence-corrected chi connectivity index (χ0v) is 10.4. The van der Waals surface area contributed by atoms with Crippen LogP contribution in [0.2, 0.25) is 0 Å². The van der Waals surface area contributed by atoms with Crippen molar-refractivity contribution in [2.24, 2.45) is 5.92 Å². The summed E-state index contributed by atoms with van der Waals surface area (Å²) in [7, 11) is -2.91. The molecule has 1 saturated heterocycles. The molecule has 1 fully saturated rings. The SMILES string of the molecule is CCS(=O)(=O)CCN1CCC(CC(=O)O)C1. The summed E-state index contributed by atoms with van der Waals surface area (Å²) in [5, 5.41) is 8.64. The monoisotopic (exact) mass is 249 g/mol. The zero-order chi connectivity index (χ0) is 12.2. The maximum Gasteiger partial charge on any atom is 0.303 e. The van der Waals surface area contributed by atoms with Crippen LogP contribution in [-0.2, 0) is 14.6 Å². The van der Waals surface area contributed by atoms with Gasteiger partial charge in [-0.1, -0.05) is 6.92 Å². The van der Waals surface area contributed by atoms with E-state index < -0.39 is 15.8 Å². The van der Waals surface area contributed by atoms with Crippen molar-refractivity contribution in [2.75, 3.05) is 31.1 Å². The van der Waals surface area contributed by atoms with Gasteiger partial charge in [0, 0.05) is 25.3 Å². The van der Waals surface area contributed by atoms with Crippen molar-refractivity contribution in [1.82, 2.24) is 4.90 Å². The Kier molecular flexibility index (Phi) is 4.73. The van der Waals surface area contributed by atoms with Crippen molar-refractivity contribution in [2.45, 2.75) is 19.8 Å². The molecule has 94 valence electrons. The summed E-state index contributed by atoms with van der Waals surface area (Å²) < 4.78 is 22.6. The lowest BCUT2D eigenvalue weighted by atomic mass is 10.1.